The maximum atomic E-state index is 13.1. The number of halogens is 1. The van der Waals surface area contributed by atoms with Crippen LogP contribution in [0, 0.1) is 6.92 Å². The highest BCUT2D eigenvalue weighted by atomic mass is 35.5. The minimum Gasteiger partial charge on any atom is -0.405 e. The van der Waals surface area contributed by atoms with Crippen LogP contribution in [0.3, 0.4) is 0 Å². The summed E-state index contributed by atoms with van der Waals surface area (Å²) in [6.45, 7) is 16.6. The van der Waals surface area contributed by atoms with Gasteiger partial charge in [0.15, 0.2) is 0 Å². The van der Waals surface area contributed by atoms with E-state index in [0.29, 0.717) is 16.3 Å². The molecular formula is C37H48ClN5OS. The summed E-state index contributed by atoms with van der Waals surface area (Å²) in [7, 11) is 0. The molecule has 3 heterocycles. The molecule has 0 spiro atoms. The molecule has 5 rings (SSSR count). The van der Waals surface area contributed by atoms with E-state index >= 15 is 0 Å². The second kappa shape index (κ2) is 20.3. The minimum absolute atomic E-state index is 0.140. The van der Waals surface area contributed by atoms with Gasteiger partial charge in [-0.3, -0.25) is 9.78 Å². The topological polar surface area (TPSA) is 84.1 Å². The molecule has 1 aliphatic rings. The highest BCUT2D eigenvalue weighted by Crippen LogP contribution is 2.32. The average molecular weight is 646 g/mol. The van der Waals surface area contributed by atoms with Gasteiger partial charge in [-0.15, -0.1) is 0 Å². The van der Waals surface area contributed by atoms with Gasteiger partial charge in [-0.2, -0.15) is 0 Å². The maximum absolute atomic E-state index is 13.1. The summed E-state index contributed by atoms with van der Waals surface area (Å²) in [4.78, 5) is 21.9. The van der Waals surface area contributed by atoms with Crippen LogP contribution in [-0.2, 0) is 0 Å². The summed E-state index contributed by atoms with van der Waals surface area (Å²) in [6, 6.07) is 17.3. The summed E-state index contributed by atoms with van der Waals surface area (Å²) in [5.41, 5.74) is 11.8. The van der Waals surface area contributed by atoms with E-state index in [4.69, 9.17) is 16.6 Å². The Morgan fingerprint density at radius 3 is 2.47 bits per heavy atom. The standard InChI is InChI=1S/C27H25ClN4OS.C5H10.C3H8.C2H5N/c1-18-15-21(32-13-3-2-4-14-34-32)7-8-22(18)27(33)30-20-6-9-24(28)23(16-20)26-10-5-19-17-29-12-11-25(19)31-26;1-4-5(2)3;1-3-2;1-2-3/h5-12,15-17H,2-4,13-14H2,1H3,(H,30,33);4H,1-3H3;3H2,1-2H3;2H,1,3H2. The lowest BCUT2D eigenvalue weighted by atomic mass is 10.1. The summed E-state index contributed by atoms with van der Waals surface area (Å²) in [5.74, 6) is 1.00. The third-order valence-electron chi connectivity index (χ3n) is 6.56. The quantitative estimate of drug-likeness (QED) is 0.170. The number of allylic oxidation sites excluding steroid dienone is 2. The van der Waals surface area contributed by atoms with Crippen LogP contribution in [0.4, 0.5) is 11.4 Å². The molecule has 0 bridgehead atoms. The van der Waals surface area contributed by atoms with Gasteiger partial charge in [-0.1, -0.05) is 56.5 Å². The summed E-state index contributed by atoms with van der Waals surface area (Å²) < 4.78 is 2.35. The number of amides is 1. The predicted octanol–water partition coefficient (Wildman–Crippen LogP) is 10.6. The first-order valence-corrected chi connectivity index (χ1v) is 16.8. The number of hydrogen-bond acceptors (Lipinski definition) is 6. The number of benzene rings is 2. The van der Waals surface area contributed by atoms with Crippen molar-refractivity contribution < 1.29 is 4.79 Å². The molecule has 1 fully saturated rings. The maximum Gasteiger partial charge on any atom is 0.255 e. The van der Waals surface area contributed by atoms with Crippen LogP contribution in [0.2, 0.25) is 5.02 Å². The van der Waals surface area contributed by atoms with E-state index in [9.17, 15) is 4.79 Å². The number of carbonyl (C=O) groups excluding carboxylic acids is 1. The molecule has 2 aromatic heterocycles. The molecule has 240 valence electrons. The van der Waals surface area contributed by atoms with Crippen molar-refractivity contribution in [2.75, 3.05) is 21.9 Å². The van der Waals surface area contributed by atoms with Crippen LogP contribution in [0.15, 0.2) is 91.4 Å². The van der Waals surface area contributed by atoms with E-state index in [1.54, 1.807) is 18.5 Å². The second-order valence-electron chi connectivity index (χ2n) is 10.7. The molecule has 3 N–H and O–H groups in total. The summed E-state index contributed by atoms with van der Waals surface area (Å²) >= 11 is 8.37. The van der Waals surface area contributed by atoms with Gasteiger partial charge in [0, 0.05) is 52.6 Å². The van der Waals surface area contributed by atoms with Crippen molar-refractivity contribution in [2.45, 2.75) is 67.2 Å². The zero-order chi connectivity index (χ0) is 33.2. The number of pyridine rings is 2. The predicted molar refractivity (Wildman–Crippen MR) is 198 cm³/mol. The molecule has 45 heavy (non-hydrogen) atoms. The van der Waals surface area contributed by atoms with Crippen molar-refractivity contribution in [3.63, 3.8) is 0 Å². The lowest BCUT2D eigenvalue weighted by Gasteiger charge is -2.22. The molecule has 1 saturated heterocycles. The Morgan fingerprint density at radius 1 is 1.09 bits per heavy atom. The molecule has 1 amide bonds. The fourth-order valence-corrected chi connectivity index (χ4v) is 5.44. The van der Waals surface area contributed by atoms with E-state index in [2.05, 4.69) is 66.8 Å². The molecule has 0 radical (unpaired) electrons. The van der Waals surface area contributed by atoms with Crippen LogP contribution < -0.4 is 15.4 Å². The third kappa shape index (κ3) is 12.2. The fourth-order valence-electron chi connectivity index (χ4n) is 4.15. The van der Waals surface area contributed by atoms with Crippen LogP contribution in [0.5, 0.6) is 0 Å². The number of carbonyl (C=O) groups is 1. The number of nitrogens with zero attached hydrogens (tertiary/aromatic N) is 3. The van der Waals surface area contributed by atoms with Gasteiger partial charge in [0.2, 0.25) is 0 Å². The summed E-state index contributed by atoms with van der Waals surface area (Å²) in [5, 5.41) is 4.57. The van der Waals surface area contributed by atoms with E-state index < -0.39 is 0 Å². The van der Waals surface area contributed by atoms with E-state index in [1.165, 1.54) is 37.5 Å². The Hall–Kier alpha value is -3.81. The number of aromatic nitrogens is 2. The first-order valence-electron chi connectivity index (χ1n) is 15.4. The lowest BCUT2D eigenvalue weighted by Crippen LogP contribution is -2.17. The van der Waals surface area contributed by atoms with Gasteiger partial charge in [0.25, 0.3) is 5.91 Å². The highest BCUT2D eigenvalue weighted by molar-refractivity contribution is 8.00. The molecule has 0 saturated carbocycles. The first kappa shape index (κ1) is 37.4. The van der Waals surface area contributed by atoms with Crippen LogP contribution in [0.1, 0.15) is 76.2 Å². The number of anilines is 2. The number of nitrogens with two attached hydrogens (primary N) is 1. The molecule has 0 aliphatic carbocycles. The molecular weight excluding hydrogens is 598 g/mol. The number of hydrogen-bond donors (Lipinski definition) is 2. The van der Waals surface area contributed by atoms with Crippen molar-refractivity contribution >= 4 is 51.7 Å². The minimum atomic E-state index is -0.140. The van der Waals surface area contributed by atoms with Gasteiger partial charge >= 0.3 is 0 Å². The monoisotopic (exact) mass is 645 g/mol. The third-order valence-corrected chi connectivity index (χ3v) is 8.07. The Balaban J connectivity index is 0.000000560. The normalized spacial score (nSPS) is 12.1. The molecule has 0 unspecified atom stereocenters. The lowest BCUT2D eigenvalue weighted by molar-refractivity contribution is 0.102. The van der Waals surface area contributed by atoms with E-state index in [0.717, 1.165) is 45.7 Å². The van der Waals surface area contributed by atoms with Crippen molar-refractivity contribution in [1.29, 1.82) is 0 Å². The zero-order valence-electron chi connectivity index (χ0n) is 27.6. The van der Waals surface area contributed by atoms with E-state index in [1.807, 2.05) is 68.3 Å². The van der Waals surface area contributed by atoms with Gasteiger partial charge in [0.05, 0.1) is 16.2 Å². The van der Waals surface area contributed by atoms with Gasteiger partial charge < -0.3 is 15.4 Å². The number of aryl methyl sites for hydroxylation is 1. The number of nitrogens with one attached hydrogen (secondary N) is 1. The molecule has 8 heteroatoms. The smallest absolute Gasteiger partial charge is 0.255 e. The van der Waals surface area contributed by atoms with Crippen LogP contribution in [-0.4, -0.2) is 28.2 Å². The van der Waals surface area contributed by atoms with Crippen molar-refractivity contribution in [2.24, 2.45) is 5.73 Å². The Bertz CT molecular complexity index is 1540. The summed E-state index contributed by atoms with van der Waals surface area (Å²) in [6.07, 6.45) is 11.8. The van der Waals surface area contributed by atoms with Crippen molar-refractivity contribution in [3.05, 3.63) is 108 Å². The Morgan fingerprint density at radius 2 is 1.80 bits per heavy atom. The van der Waals surface area contributed by atoms with Gasteiger partial charge in [-0.25, -0.2) is 4.98 Å². The molecule has 4 aromatic rings. The van der Waals surface area contributed by atoms with Crippen molar-refractivity contribution in [1.82, 2.24) is 9.97 Å². The first-order chi connectivity index (χ1) is 21.7. The zero-order valence-corrected chi connectivity index (χ0v) is 29.1. The molecule has 6 nitrogen and oxygen atoms in total. The van der Waals surface area contributed by atoms with Gasteiger partial charge in [-0.05, 0) is 119 Å². The Labute approximate surface area is 279 Å². The van der Waals surface area contributed by atoms with Gasteiger partial charge in [0.1, 0.15) is 0 Å². The highest BCUT2D eigenvalue weighted by Gasteiger charge is 2.16. The van der Waals surface area contributed by atoms with E-state index in [-0.39, 0.29) is 5.91 Å². The van der Waals surface area contributed by atoms with Crippen molar-refractivity contribution in [3.8, 4) is 11.3 Å². The SMILES string of the molecule is C=CN.CC=C(C)C.CCC.Cc1cc(N2CCCCCS2)ccc1C(=O)Nc1ccc(Cl)c(-c2ccc3cnccc3n2)c1. The number of rotatable bonds is 4. The average Bonchev–Trinajstić information content (AvgIpc) is 3.33. The molecule has 0 atom stereocenters. The largest absolute Gasteiger partial charge is 0.405 e. The number of fused-ring (bicyclic) bond motifs is 1. The fraction of sp³-hybridized carbons (Fsp3) is 0.324. The second-order valence-corrected chi connectivity index (χ2v) is 12.2. The van der Waals surface area contributed by atoms with Crippen LogP contribution in [0.25, 0.3) is 22.2 Å². The Kier molecular flexibility index (Phi) is 16.8. The molecule has 1 aliphatic heterocycles. The molecule has 2 aromatic carbocycles. The van der Waals surface area contributed by atoms with Crippen LogP contribution >= 0.6 is 23.5 Å².